The number of hydrogen-bond donors (Lipinski definition) is 0. The van der Waals surface area contributed by atoms with Crippen LogP contribution in [0.5, 0.6) is 5.75 Å². The van der Waals surface area contributed by atoms with Crippen molar-refractivity contribution in [3.63, 3.8) is 0 Å². The maximum Gasteiger partial charge on any atom is 0.349 e. The molecular formula is C23H24N2O4. The Morgan fingerprint density at radius 3 is 2.69 bits per heavy atom. The largest absolute Gasteiger partial charge is 0.497 e. The molecule has 1 atom stereocenters. The SMILES string of the molecule is COc1ccc2cc(C(=O)N3CCN(c4cccc(C)c4)[C@@H](C)C3)c(=O)oc2c1. The van der Waals surface area contributed by atoms with E-state index >= 15 is 0 Å². The quantitative estimate of drug-likeness (QED) is 0.639. The van der Waals surface area contributed by atoms with Gasteiger partial charge in [-0.05, 0) is 49.7 Å². The predicted octanol–water partition coefficient (Wildman–Crippen LogP) is 3.46. The van der Waals surface area contributed by atoms with Crippen molar-refractivity contribution in [1.29, 1.82) is 0 Å². The van der Waals surface area contributed by atoms with Gasteiger partial charge in [-0.25, -0.2) is 4.79 Å². The van der Waals surface area contributed by atoms with E-state index in [1.54, 1.807) is 36.3 Å². The van der Waals surface area contributed by atoms with Crippen LogP contribution >= 0.6 is 0 Å². The zero-order valence-corrected chi connectivity index (χ0v) is 16.8. The van der Waals surface area contributed by atoms with E-state index in [0.29, 0.717) is 36.4 Å². The van der Waals surface area contributed by atoms with Crippen LogP contribution in [0, 0.1) is 6.92 Å². The lowest BCUT2D eigenvalue weighted by atomic mass is 10.1. The molecule has 6 nitrogen and oxygen atoms in total. The third kappa shape index (κ3) is 3.70. The van der Waals surface area contributed by atoms with Crippen molar-refractivity contribution < 1.29 is 13.9 Å². The van der Waals surface area contributed by atoms with Gasteiger partial charge in [-0.2, -0.15) is 0 Å². The van der Waals surface area contributed by atoms with E-state index < -0.39 is 5.63 Å². The highest BCUT2D eigenvalue weighted by molar-refractivity contribution is 5.97. The standard InChI is InChI=1S/C23H24N2O4/c1-15-5-4-6-18(11-15)25-10-9-24(14-16(25)2)22(26)20-12-17-7-8-19(28-3)13-21(17)29-23(20)27/h4-8,11-13,16H,9-10,14H2,1-3H3/t16-/m0/s1. The third-order valence-corrected chi connectivity index (χ3v) is 5.42. The summed E-state index contributed by atoms with van der Waals surface area (Å²) in [5, 5.41) is 0.695. The number of methoxy groups -OCH3 is 1. The number of anilines is 1. The van der Waals surface area contributed by atoms with E-state index in [4.69, 9.17) is 9.15 Å². The summed E-state index contributed by atoms with van der Waals surface area (Å²) in [5.74, 6) is 0.313. The zero-order valence-electron chi connectivity index (χ0n) is 16.8. The van der Waals surface area contributed by atoms with Gasteiger partial charge in [0.1, 0.15) is 16.9 Å². The van der Waals surface area contributed by atoms with Crippen molar-refractivity contribution in [3.8, 4) is 5.75 Å². The minimum absolute atomic E-state index is 0.0684. The van der Waals surface area contributed by atoms with Crippen LogP contribution < -0.4 is 15.3 Å². The van der Waals surface area contributed by atoms with E-state index in [1.165, 1.54) is 5.56 Å². The highest BCUT2D eigenvalue weighted by Crippen LogP contribution is 2.24. The second-order valence-corrected chi connectivity index (χ2v) is 7.48. The number of aryl methyl sites for hydroxylation is 1. The summed E-state index contributed by atoms with van der Waals surface area (Å²) in [6, 6.07) is 15.3. The van der Waals surface area contributed by atoms with Crippen molar-refractivity contribution in [3.05, 3.63) is 70.1 Å². The fraction of sp³-hybridized carbons (Fsp3) is 0.304. The van der Waals surface area contributed by atoms with Crippen molar-refractivity contribution >= 4 is 22.6 Å². The number of piperazine rings is 1. The van der Waals surface area contributed by atoms with Gasteiger partial charge in [0.05, 0.1) is 7.11 Å². The van der Waals surface area contributed by atoms with E-state index in [9.17, 15) is 9.59 Å². The number of fused-ring (bicyclic) bond motifs is 1. The molecule has 0 bridgehead atoms. The first-order chi connectivity index (χ1) is 14.0. The van der Waals surface area contributed by atoms with Crippen LogP contribution in [0.25, 0.3) is 11.0 Å². The molecule has 0 saturated carbocycles. The van der Waals surface area contributed by atoms with Gasteiger partial charge in [0, 0.05) is 42.8 Å². The molecular weight excluding hydrogens is 368 g/mol. The van der Waals surface area contributed by atoms with Gasteiger partial charge >= 0.3 is 5.63 Å². The van der Waals surface area contributed by atoms with Crippen molar-refractivity contribution in [2.45, 2.75) is 19.9 Å². The van der Waals surface area contributed by atoms with Crippen LogP contribution in [0.3, 0.4) is 0 Å². The molecule has 3 aromatic rings. The van der Waals surface area contributed by atoms with Gasteiger partial charge in [0.2, 0.25) is 0 Å². The van der Waals surface area contributed by atoms with Gasteiger partial charge in [0.25, 0.3) is 5.91 Å². The Balaban J connectivity index is 1.56. The first-order valence-corrected chi connectivity index (χ1v) is 9.71. The topological polar surface area (TPSA) is 63.0 Å². The molecule has 0 radical (unpaired) electrons. The Bertz CT molecular complexity index is 1120. The van der Waals surface area contributed by atoms with Crippen LogP contribution in [0.2, 0.25) is 0 Å². The van der Waals surface area contributed by atoms with Crippen molar-refractivity contribution in [1.82, 2.24) is 4.90 Å². The summed E-state index contributed by atoms with van der Waals surface area (Å²) in [7, 11) is 1.55. The molecule has 2 heterocycles. The Morgan fingerprint density at radius 1 is 1.14 bits per heavy atom. The number of carbonyl (C=O) groups excluding carboxylic acids is 1. The summed E-state index contributed by atoms with van der Waals surface area (Å²) in [6.07, 6.45) is 0. The number of nitrogens with zero attached hydrogens (tertiary/aromatic N) is 2. The van der Waals surface area contributed by atoms with Gasteiger partial charge in [0.15, 0.2) is 0 Å². The summed E-state index contributed by atoms with van der Waals surface area (Å²) < 4.78 is 10.5. The van der Waals surface area contributed by atoms with Crippen LogP contribution in [0.15, 0.2) is 57.7 Å². The molecule has 6 heteroatoms. The van der Waals surface area contributed by atoms with E-state index in [0.717, 1.165) is 5.69 Å². The Kier molecular flexibility index (Phi) is 5.01. The zero-order chi connectivity index (χ0) is 20.5. The second kappa shape index (κ2) is 7.62. The Morgan fingerprint density at radius 2 is 1.97 bits per heavy atom. The number of carbonyl (C=O) groups is 1. The van der Waals surface area contributed by atoms with Crippen LogP contribution in [-0.2, 0) is 0 Å². The first kappa shape index (κ1) is 19.1. The van der Waals surface area contributed by atoms with E-state index in [2.05, 4.69) is 36.9 Å². The molecule has 1 amide bonds. The average Bonchev–Trinajstić information content (AvgIpc) is 2.72. The van der Waals surface area contributed by atoms with E-state index in [1.807, 2.05) is 6.07 Å². The average molecular weight is 392 g/mol. The summed E-state index contributed by atoms with van der Waals surface area (Å²) in [6.45, 7) is 5.98. The van der Waals surface area contributed by atoms with Gasteiger partial charge in [-0.15, -0.1) is 0 Å². The van der Waals surface area contributed by atoms with Crippen molar-refractivity contribution in [2.24, 2.45) is 0 Å². The van der Waals surface area contributed by atoms with E-state index in [-0.39, 0.29) is 17.5 Å². The van der Waals surface area contributed by atoms with Crippen LogP contribution in [0.4, 0.5) is 5.69 Å². The smallest absolute Gasteiger partial charge is 0.349 e. The van der Waals surface area contributed by atoms with Crippen LogP contribution in [0.1, 0.15) is 22.8 Å². The molecule has 1 aliphatic rings. The molecule has 1 aliphatic heterocycles. The van der Waals surface area contributed by atoms with Gasteiger partial charge in [-0.1, -0.05) is 12.1 Å². The maximum atomic E-state index is 13.1. The summed E-state index contributed by atoms with van der Waals surface area (Å²) in [5.41, 5.74) is 2.22. The lowest BCUT2D eigenvalue weighted by molar-refractivity contribution is 0.0722. The number of amides is 1. The first-order valence-electron chi connectivity index (χ1n) is 9.71. The van der Waals surface area contributed by atoms with Gasteiger partial charge < -0.3 is 19.0 Å². The summed E-state index contributed by atoms with van der Waals surface area (Å²) in [4.78, 5) is 29.5. The maximum absolute atomic E-state index is 13.1. The number of rotatable bonds is 3. The number of ether oxygens (including phenoxy) is 1. The molecule has 1 fully saturated rings. The lowest BCUT2D eigenvalue weighted by Gasteiger charge is -2.41. The highest BCUT2D eigenvalue weighted by Gasteiger charge is 2.29. The minimum Gasteiger partial charge on any atom is -0.497 e. The lowest BCUT2D eigenvalue weighted by Crippen LogP contribution is -2.54. The van der Waals surface area contributed by atoms with Crippen molar-refractivity contribution in [2.75, 3.05) is 31.6 Å². The molecule has 1 aromatic heterocycles. The highest BCUT2D eigenvalue weighted by atomic mass is 16.5. The molecule has 1 saturated heterocycles. The molecule has 0 spiro atoms. The Labute approximate surface area is 169 Å². The molecule has 4 rings (SSSR count). The fourth-order valence-corrected chi connectivity index (χ4v) is 3.87. The van der Waals surface area contributed by atoms with Crippen LogP contribution in [-0.4, -0.2) is 43.6 Å². The number of hydrogen-bond acceptors (Lipinski definition) is 5. The predicted molar refractivity (Wildman–Crippen MR) is 113 cm³/mol. The normalized spacial score (nSPS) is 16.9. The molecule has 0 aliphatic carbocycles. The third-order valence-electron chi connectivity index (χ3n) is 5.42. The summed E-state index contributed by atoms with van der Waals surface area (Å²) >= 11 is 0. The molecule has 29 heavy (non-hydrogen) atoms. The molecule has 0 N–H and O–H groups in total. The van der Waals surface area contributed by atoms with Gasteiger partial charge in [-0.3, -0.25) is 4.79 Å². The number of benzene rings is 2. The molecule has 2 aromatic carbocycles. The second-order valence-electron chi connectivity index (χ2n) is 7.48. The fourth-order valence-electron chi connectivity index (χ4n) is 3.87. The molecule has 150 valence electrons. The monoisotopic (exact) mass is 392 g/mol. The minimum atomic E-state index is -0.621. The molecule has 0 unspecified atom stereocenters. The Hall–Kier alpha value is -3.28.